The van der Waals surface area contributed by atoms with E-state index in [-0.39, 0.29) is 16.4 Å². The van der Waals surface area contributed by atoms with Crippen molar-refractivity contribution in [2.24, 2.45) is 10.6 Å². The summed E-state index contributed by atoms with van der Waals surface area (Å²) < 4.78 is 22.3. The number of nitrogens with two attached hydrogens (primary N) is 1. The van der Waals surface area contributed by atoms with Crippen molar-refractivity contribution in [2.45, 2.75) is 44.7 Å². The zero-order valence-corrected chi connectivity index (χ0v) is 13.2. The summed E-state index contributed by atoms with van der Waals surface area (Å²) in [7, 11) is -3.65. The van der Waals surface area contributed by atoms with E-state index in [1.54, 1.807) is 12.1 Å². The van der Waals surface area contributed by atoms with Crippen molar-refractivity contribution >= 4 is 10.0 Å². The summed E-state index contributed by atoms with van der Waals surface area (Å²) in [5, 5.41) is 18.3. The third-order valence-electron chi connectivity index (χ3n) is 3.33. The Kier molecular flexibility index (Phi) is 5.32. The molecule has 2 unspecified atom stereocenters. The molecule has 4 N–H and O–H groups in total. The van der Waals surface area contributed by atoms with Crippen LogP contribution in [0.15, 0.2) is 29.2 Å². The lowest BCUT2D eigenvalue weighted by atomic mass is 9.89. The molecule has 0 aliphatic carbocycles. The number of benzene rings is 1. The molecule has 5 nitrogen and oxygen atoms in total. The molecule has 0 aliphatic rings. The molecule has 0 radical (unpaired) electrons. The van der Waals surface area contributed by atoms with Gasteiger partial charge in [0.05, 0.1) is 11.0 Å². The second-order valence-electron chi connectivity index (χ2n) is 6.13. The highest BCUT2D eigenvalue weighted by Gasteiger charge is 2.22. The number of primary sulfonamides is 1. The Morgan fingerprint density at radius 2 is 1.75 bits per heavy atom. The fourth-order valence-corrected chi connectivity index (χ4v) is 2.17. The maximum atomic E-state index is 11.2. The van der Waals surface area contributed by atoms with E-state index in [0.29, 0.717) is 6.54 Å². The van der Waals surface area contributed by atoms with Crippen LogP contribution in [0.1, 0.15) is 39.3 Å². The quantitative estimate of drug-likeness (QED) is 0.766. The summed E-state index contributed by atoms with van der Waals surface area (Å²) in [5.41, 5.74) is 0.767. The van der Waals surface area contributed by atoms with Crippen molar-refractivity contribution in [3.05, 3.63) is 29.8 Å². The van der Waals surface area contributed by atoms with Gasteiger partial charge < -0.3 is 10.4 Å². The first-order chi connectivity index (χ1) is 9.01. The normalized spacial score (nSPS) is 15.9. The largest absolute Gasteiger partial charge is 0.391 e. The van der Waals surface area contributed by atoms with Gasteiger partial charge in [-0.2, -0.15) is 0 Å². The van der Waals surface area contributed by atoms with Crippen molar-refractivity contribution in [2.75, 3.05) is 6.54 Å². The molecule has 0 heterocycles. The van der Waals surface area contributed by atoms with Gasteiger partial charge in [0.2, 0.25) is 10.0 Å². The highest BCUT2D eigenvalue weighted by Crippen LogP contribution is 2.20. The maximum Gasteiger partial charge on any atom is 0.238 e. The minimum absolute atomic E-state index is 0.0153. The molecule has 6 heteroatoms. The van der Waals surface area contributed by atoms with Gasteiger partial charge >= 0.3 is 0 Å². The van der Waals surface area contributed by atoms with E-state index < -0.39 is 16.1 Å². The van der Waals surface area contributed by atoms with E-state index in [0.717, 1.165) is 5.56 Å². The molecule has 0 aromatic heterocycles. The Morgan fingerprint density at radius 1 is 1.25 bits per heavy atom. The summed E-state index contributed by atoms with van der Waals surface area (Å²) >= 11 is 0. The van der Waals surface area contributed by atoms with Gasteiger partial charge in [0.1, 0.15) is 0 Å². The van der Waals surface area contributed by atoms with E-state index in [4.69, 9.17) is 5.14 Å². The molecular formula is C14H24N2O3S. The van der Waals surface area contributed by atoms with Crippen molar-refractivity contribution < 1.29 is 13.5 Å². The fraction of sp³-hybridized carbons (Fsp3) is 0.571. The first-order valence-corrected chi connectivity index (χ1v) is 8.10. The van der Waals surface area contributed by atoms with Gasteiger partial charge in [0.15, 0.2) is 0 Å². The van der Waals surface area contributed by atoms with E-state index in [1.807, 2.05) is 27.7 Å². The fourth-order valence-electron chi connectivity index (χ4n) is 1.66. The molecular weight excluding hydrogens is 276 g/mol. The van der Waals surface area contributed by atoms with Crippen LogP contribution in [0, 0.1) is 5.41 Å². The molecule has 2 atom stereocenters. The van der Waals surface area contributed by atoms with E-state index in [1.165, 1.54) is 12.1 Å². The SMILES string of the molecule is CC(NCC(O)C(C)(C)C)c1ccc(S(N)(=O)=O)cc1. The van der Waals surface area contributed by atoms with Crippen LogP contribution < -0.4 is 10.5 Å². The number of aliphatic hydroxyl groups is 1. The average Bonchev–Trinajstić information content (AvgIpc) is 2.33. The van der Waals surface area contributed by atoms with E-state index in [9.17, 15) is 13.5 Å². The summed E-state index contributed by atoms with van der Waals surface area (Å²) in [6.07, 6.45) is -0.450. The first-order valence-electron chi connectivity index (χ1n) is 6.56. The van der Waals surface area contributed by atoms with Crippen molar-refractivity contribution in [3.63, 3.8) is 0 Å². The second-order valence-corrected chi connectivity index (χ2v) is 7.69. The molecule has 1 aromatic rings. The molecule has 1 aromatic carbocycles. The standard InChI is InChI=1S/C14H24N2O3S/c1-10(16-9-13(17)14(2,3)4)11-5-7-12(8-6-11)20(15,18)19/h5-8,10,13,16-17H,9H2,1-4H3,(H2,15,18,19). The van der Waals surface area contributed by atoms with Crippen LogP contribution in [0.2, 0.25) is 0 Å². The van der Waals surface area contributed by atoms with Crippen LogP contribution in [0.5, 0.6) is 0 Å². The Balaban J connectivity index is 2.67. The Bertz CT molecular complexity index is 533. The number of hydrogen-bond donors (Lipinski definition) is 3. The van der Waals surface area contributed by atoms with Crippen molar-refractivity contribution in [3.8, 4) is 0 Å². The number of nitrogens with one attached hydrogen (secondary N) is 1. The molecule has 0 saturated carbocycles. The van der Waals surface area contributed by atoms with Crippen molar-refractivity contribution in [1.29, 1.82) is 0 Å². The molecule has 0 saturated heterocycles. The summed E-state index contributed by atoms with van der Waals surface area (Å²) in [5.74, 6) is 0. The zero-order valence-electron chi connectivity index (χ0n) is 12.4. The molecule has 114 valence electrons. The predicted octanol–water partition coefficient (Wildman–Crippen LogP) is 1.39. The van der Waals surface area contributed by atoms with Gasteiger partial charge in [-0.1, -0.05) is 32.9 Å². The second kappa shape index (κ2) is 6.22. The Labute approximate surface area is 121 Å². The first kappa shape index (κ1) is 17.1. The molecule has 20 heavy (non-hydrogen) atoms. The van der Waals surface area contributed by atoms with Crippen LogP contribution in [-0.4, -0.2) is 26.2 Å². The minimum atomic E-state index is -3.65. The molecule has 0 aliphatic heterocycles. The van der Waals surface area contributed by atoms with E-state index >= 15 is 0 Å². The number of aliphatic hydroxyl groups excluding tert-OH is 1. The highest BCUT2D eigenvalue weighted by atomic mass is 32.2. The molecule has 0 amide bonds. The maximum absolute atomic E-state index is 11.2. The number of rotatable bonds is 5. The smallest absolute Gasteiger partial charge is 0.238 e. The van der Waals surface area contributed by atoms with Gasteiger partial charge in [-0.3, -0.25) is 0 Å². The lowest BCUT2D eigenvalue weighted by Gasteiger charge is -2.27. The topological polar surface area (TPSA) is 92.4 Å². The summed E-state index contributed by atoms with van der Waals surface area (Å²) in [4.78, 5) is 0.100. The van der Waals surface area contributed by atoms with Crippen LogP contribution in [-0.2, 0) is 10.0 Å². The summed E-state index contributed by atoms with van der Waals surface area (Å²) in [6.45, 7) is 8.36. The van der Waals surface area contributed by atoms with Crippen LogP contribution in [0.25, 0.3) is 0 Å². The predicted molar refractivity (Wildman–Crippen MR) is 79.7 cm³/mol. The highest BCUT2D eigenvalue weighted by molar-refractivity contribution is 7.89. The Morgan fingerprint density at radius 3 is 2.15 bits per heavy atom. The molecule has 0 fully saturated rings. The third-order valence-corrected chi connectivity index (χ3v) is 4.25. The molecule has 1 rings (SSSR count). The molecule has 0 spiro atoms. The minimum Gasteiger partial charge on any atom is -0.391 e. The zero-order chi connectivity index (χ0) is 15.6. The number of sulfonamides is 1. The monoisotopic (exact) mass is 300 g/mol. The lowest BCUT2D eigenvalue weighted by Crippen LogP contribution is -2.37. The third kappa shape index (κ3) is 4.86. The van der Waals surface area contributed by atoms with Gasteiger partial charge in [-0.05, 0) is 30.0 Å². The summed E-state index contributed by atoms with van der Waals surface area (Å²) in [6, 6.07) is 6.44. The van der Waals surface area contributed by atoms with Gasteiger partial charge in [-0.15, -0.1) is 0 Å². The average molecular weight is 300 g/mol. The Hall–Kier alpha value is -0.950. The van der Waals surface area contributed by atoms with Crippen LogP contribution in [0.3, 0.4) is 0 Å². The van der Waals surface area contributed by atoms with Crippen LogP contribution in [0.4, 0.5) is 0 Å². The van der Waals surface area contributed by atoms with Gasteiger partial charge in [-0.25, -0.2) is 13.6 Å². The van der Waals surface area contributed by atoms with Crippen molar-refractivity contribution in [1.82, 2.24) is 5.32 Å². The van der Waals surface area contributed by atoms with Crippen LogP contribution >= 0.6 is 0 Å². The lowest BCUT2D eigenvalue weighted by molar-refractivity contribution is 0.0609. The van der Waals surface area contributed by atoms with Gasteiger partial charge in [0, 0.05) is 12.6 Å². The van der Waals surface area contributed by atoms with E-state index in [2.05, 4.69) is 5.32 Å². The van der Waals surface area contributed by atoms with Gasteiger partial charge in [0.25, 0.3) is 0 Å². The molecule has 0 bridgehead atoms. The number of hydrogen-bond acceptors (Lipinski definition) is 4.